The standard InChI is InChI=1S/C20H30N3O6PS/c1-4-26-11-13-28-30(25,29-14-12-27-5-2)19(16-9-7-6-8-10-16)23-20(31-3)17(15-21)18(22)24/h6-10,19,23H,4-5,11-14H2,1-3H3,(H2,22,24)/b20-17+. The van der Waals surface area contributed by atoms with Crippen LogP contribution in [-0.4, -0.2) is 51.8 Å². The summed E-state index contributed by atoms with van der Waals surface area (Å²) >= 11 is 1.10. The molecule has 0 radical (unpaired) electrons. The van der Waals surface area contributed by atoms with Crippen LogP contribution in [-0.2, 0) is 27.9 Å². The highest BCUT2D eigenvalue weighted by molar-refractivity contribution is 8.02. The summed E-state index contributed by atoms with van der Waals surface area (Å²) in [5, 5.41) is 12.5. The van der Waals surface area contributed by atoms with E-state index >= 15 is 0 Å². The number of nitrogens with two attached hydrogens (primary N) is 1. The molecule has 0 aliphatic rings. The maximum atomic E-state index is 13.9. The molecular weight excluding hydrogens is 441 g/mol. The van der Waals surface area contributed by atoms with E-state index in [9.17, 15) is 14.6 Å². The van der Waals surface area contributed by atoms with Crippen LogP contribution in [0.4, 0.5) is 0 Å². The fourth-order valence-corrected chi connectivity index (χ4v) is 5.01. The second-order valence-electron chi connectivity index (χ2n) is 5.94. The quantitative estimate of drug-likeness (QED) is 0.161. The number of thioether (sulfide) groups is 1. The number of carbonyl (C=O) groups is 1. The summed E-state index contributed by atoms with van der Waals surface area (Å²) in [7, 11) is -3.86. The lowest BCUT2D eigenvalue weighted by Crippen LogP contribution is -2.26. The van der Waals surface area contributed by atoms with Gasteiger partial charge in [0.1, 0.15) is 11.6 Å². The van der Waals surface area contributed by atoms with Gasteiger partial charge >= 0.3 is 7.60 Å². The Morgan fingerprint density at radius 3 is 2.10 bits per heavy atom. The molecular formula is C20H30N3O6PS. The predicted octanol–water partition coefficient (Wildman–Crippen LogP) is 3.16. The average molecular weight is 472 g/mol. The van der Waals surface area contributed by atoms with Crippen molar-refractivity contribution >= 4 is 25.3 Å². The van der Waals surface area contributed by atoms with E-state index in [0.29, 0.717) is 18.8 Å². The van der Waals surface area contributed by atoms with Crippen LogP contribution in [0.15, 0.2) is 40.9 Å². The van der Waals surface area contributed by atoms with E-state index in [0.717, 1.165) is 11.8 Å². The Labute approximate surface area is 187 Å². The van der Waals surface area contributed by atoms with Crippen LogP contribution in [0.1, 0.15) is 25.2 Å². The number of nitrogens with zero attached hydrogens (tertiary/aromatic N) is 1. The molecule has 11 heteroatoms. The van der Waals surface area contributed by atoms with E-state index in [1.54, 1.807) is 36.6 Å². The van der Waals surface area contributed by atoms with Crippen LogP contribution in [0.5, 0.6) is 0 Å². The van der Waals surface area contributed by atoms with Crippen molar-refractivity contribution in [2.45, 2.75) is 19.6 Å². The van der Waals surface area contributed by atoms with Gasteiger partial charge in [-0.2, -0.15) is 5.26 Å². The minimum absolute atomic E-state index is 0.0318. The molecule has 1 atom stereocenters. The molecule has 0 aromatic heterocycles. The normalized spacial score (nSPS) is 13.2. The predicted molar refractivity (Wildman–Crippen MR) is 120 cm³/mol. The molecule has 0 spiro atoms. The lowest BCUT2D eigenvalue weighted by atomic mass is 10.2. The second kappa shape index (κ2) is 15.0. The summed E-state index contributed by atoms with van der Waals surface area (Å²) < 4.78 is 35.9. The maximum Gasteiger partial charge on any atom is 0.357 e. The molecule has 3 N–H and O–H groups in total. The number of nitrogens with one attached hydrogen (secondary N) is 1. The van der Waals surface area contributed by atoms with Gasteiger partial charge in [0.25, 0.3) is 5.91 Å². The molecule has 0 heterocycles. The third kappa shape index (κ3) is 9.03. The van der Waals surface area contributed by atoms with Crippen LogP contribution < -0.4 is 11.1 Å². The zero-order valence-electron chi connectivity index (χ0n) is 18.0. The smallest absolute Gasteiger partial charge is 0.357 e. The molecule has 9 nitrogen and oxygen atoms in total. The first kappa shape index (κ1) is 27.2. The van der Waals surface area contributed by atoms with E-state index in [4.69, 9.17) is 24.3 Å². The Morgan fingerprint density at radius 1 is 1.13 bits per heavy atom. The summed E-state index contributed by atoms with van der Waals surface area (Å²) in [5.41, 5.74) is 5.65. The first-order valence-electron chi connectivity index (χ1n) is 9.77. The van der Waals surface area contributed by atoms with Gasteiger partial charge in [-0.25, -0.2) is 0 Å². The summed E-state index contributed by atoms with van der Waals surface area (Å²) in [6, 6.07) is 10.6. The molecule has 172 valence electrons. The second-order valence-corrected chi connectivity index (χ2v) is 8.87. The number of hydrogen-bond acceptors (Lipinski definition) is 9. The number of ether oxygens (including phenoxy) is 2. The highest BCUT2D eigenvalue weighted by atomic mass is 32.2. The summed E-state index contributed by atoms with van der Waals surface area (Å²) in [6.07, 6.45) is 1.67. The SMILES string of the molecule is CCOCCOP(=O)(OCCOCC)C(N/C(SC)=C(/C#N)C(N)=O)c1ccccc1. The Kier molecular flexibility index (Phi) is 13.2. The van der Waals surface area contributed by atoms with Gasteiger partial charge in [0.05, 0.1) is 31.5 Å². The van der Waals surface area contributed by atoms with E-state index in [2.05, 4.69) is 5.32 Å². The van der Waals surface area contributed by atoms with E-state index in [-0.39, 0.29) is 37.0 Å². The molecule has 0 aliphatic carbocycles. The zero-order chi connectivity index (χ0) is 23.1. The number of primary amides is 1. The van der Waals surface area contributed by atoms with Crippen LogP contribution >= 0.6 is 19.4 Å². The van der Waals surface area contributed by atoms with Crippen molar-refractivity contribution in [2.24, 2.45) is 5.73 Å². The largest absolute Gasteiger partial charge is 0.379 e. The molecule has 1 unspecified atom stereocenters. The van der Waals surface area contributed by atoms with Crippen LogP contribution in [0.3, 0.4) is 0 Å². The highest BCUT2D eigenvalue weighted by Gasteiger charge is 2.38. The topological polar surface area (TPSA) is 133 Å². The number of rotatable bonds is 16. The van der Waals surface area contributed by atoms with Gasteiger partial charge in [-0.05, 0) is 25.7 Å². The maximum absolute atomic E-state index is 13.9. The Hall–Kier alpha value is -1.86. The molecule has 31 heavy (non-hydrogen) atoms. The molecule has 1 aromatic rings. The fourth-order valence-electron chi connectivity index (χ4n) is 2.48. The Morgan fingerprint density at radius 2 is 1.68 bits per heavy atom. The number of carbonyl (C=O) groups excluding carboxylic acids is 1. The Balaban J connectivity index is 3.35. The van der Waals surface area contributed by atoms with Crippen molar-refractivity contribution in [3.05, 3.63) is 46.5 Å². The van der Waals surface area contributed by atoms with Gasteiger partial charge in [-0.15, -0.1) is 11.8 Å². The monoisotopic (exact) mass is 471 g/mol. The molecule has 1 amide bonds. The minimum Gasteiger partial charge on any atom is -0.379 e. The number of hydrogen-bond donors (Lipinski definition) is 2. The third-order valence-corrected chi connectivity index (χ3v) is 6.77. The fraction of sp³-hybridized carbons (Fsp3) is 0.500. The third-order valence-electron chi connectivity index (χ3n) is 3.89. The number of amides is 1. The first-order valence-corrected chi connectivity index (χ1v) is 12.6. The highest BCUT2D eigenvalue weighted by Crippen LogP contribution is 2.60. The van der Waals surface area contributed by atoms with Crippen molar-refractivity contribution in [3.63, 3.8) is 0 Å². The van der Waals surface area contributed by atoms with Crippen molar-refractivity contribution in [1.29, 1.82) is 5.26 Å². The van der Waals surface area contributed by atoms with Gasteiger partial charge in [0, 0.05) is 13.2 Å². The lowest BCUT2D eigenvalue weighted by molar-refractivity contribution is -0.114. The van der Waals surface area contributed by atoms with Crippen LogP contribution in [0.25, 0.3) is 0 Å². The lowest BCUT2D eigenvalue weighted by Gasteiger charge is -2.29. The Bertz CT molecular complexity index is 784. The minimum atomic E-state index is -3.86. The summed E-state index contributed by atoms with van der Waals surface area (Å²) in [5.74, 6) is -1.89. The summed E-state index contributed by atoms with van der Waals surface area (Å²) in [4.78, 5) is 11.7. The number of benzene rings is 1. The van der Waals surface area contributed by atoms with Gasteiger partial charge in [-0.3, -0.25) is 9.36 Å². The van der Waals surface area contributed by atoms with Crippen molar-refractivity contribution < 1.29 is 27.9 Å². The van der Waals surface area contributed by atoms with E-state index in [1.807, 2.05) is 19.9 Å². The van der Waals surface area contributed by atoms with Crippen LogP contribution in [0, 0.1) is 11.3 Å². The molecule has 0 saturated carbocycles. The number of nitriles is 1. The van der Waals surface area contributed by atoms with E-state index in [1.165, 1.54) is 0 Å². The first-order chi connectivity index (χ1) is 14.9. The molecule has 0 fully saturated rings. The molecule has 1 aromatic carbocycles. The molecule has 1 rings (SSSR count). The zero-order valence-corrected chi connectivity index (χ0v) is 19.7. The van der Waals surface area contributed by atoms with Crippen molar-refractivity contribution in [2.75, 3.05) is 45.9 Å². The molecule has 0 aliphatic heterocycles. The van der Waals surface area contributed by atoms with Gasteiger partial charge in [0.15, 0.2) is 5.78 Å². The molecule has 0 saturated heterocycles. The van der Waals surface area contributed by atoms with Crippen molar-refractivity contribution in [1.82, 2.24) is 5.32 Å². The van der Waals surface area contributed by atoms with Crippen molar-refractivity contribution in [3.8, 4) is 6.07 Å². The van der Waals surface area contributed by atoms with Gasteiger partial charge in [-0.1, -0.05) is 30.3 Å². The average Bonchev–Trinajstić information content (AvgIpc) is 2.77. The van der Waals surface area contributed by atoms with E-state index < -0.39 is 19.3 Å². The summed E-state index contributed by atoms with van der Waals surface area (Å²) in [6.45, 7) is 5.18. The molecule has 0 bridgehead atoms. The van der Waals surface area contributed by atoms with Gasteiger partial charge in [0.2, 0.25) is 0 Å². The van der Waals surface area contributed by atoms with Crippen LogP contribution in [0.2, 0.25) is 0 Å². The van der Waals surface area contributed by atoms with Gasteiger partial charge < -0.3 is 29.6 Å².